The lowest BCUT2D eigenvalue weighted by Crippen LogP contribution is -1.92. The maximum Gasteiger partial charge on any atom is 0.0631 e. The highest BCUT2D eigenvalue weighted by Crippen LogP contribution is 2.24. The molecule has 0 radical (unpaired) electrons. The lowest BCUT2D eigenvalue weighted by molar-refractivity contribution is 1.45. The lowest BCUT2D eigenvalue weighted by Gasteiger charge is -2.10. The summed E-state index contributed by atoms with van der Waals surface area (Å²) in [6.07, 6.45) is 3.79. The zero-order chi connectivity index (χ0) is 26.2. The van der Waals surface area contributed by atoms with E-state index in [0.717, 1.165) is 45.3 Å². The molecule has 0 aromatic heterocycles. The largest absolute Gasteiger partial charge is 0.356 e. The minimum Gasteiger partial charge on any atom is -0.356 e. The molecule has 0 spiro atoms. The van der Waals surface area contributed by atoms with E-state index in [-0.39, 0.29) is 0 Å². The van der Waals surface area contributed by atoms with Crippen LogP contribution in [0.5, 0.6) is 0 Å². The van der Waals surface area contributed by atoms with E-state index in [0.29, 0.717) is 0 Å². The summed E-state index contributed by atoms with van der Waals surface area (Å²) in [5, 5.41) is 6.89. The molecule has 5 rings (SSSR count). The summed E-state index contributed by atoms with van der Waals surface area (Å²) in [5.74, 6) is 0. The van der Waals surface area contributed by atoms with E-state index in [9.17, 15) is 0 Å². The Morgan fingerprint density at radius 2 is 0.789 bits per heavy atom. The van der Waals surface area contributed by atoms with Crippen LogP contribution >= 0.6 is 0 Å². The molecule has 5 aromatic rings. The topological polar surface area (TPSA) is 48.8 Å². The number of nitrogens with one attached hydrogen (secondary N) is 2. The third kappa shape index (κ3) is 7.05. The zero-order valence-electron chi connectivity index (χ0n) is 21.6. The van der Waals surface area contributed by atoms with Gasteiger partial charge < -0.3 is 10.6 Å². The molecule has 0 aliphatic heterocycles. The quantitative estimate of drug-likeness (QED) is 0.211. The van der Waals surface area contributed by atoms with Gasteiger partial charge in [-0.2, -0.15) is 0 Å². The first-order valence-electron chi connectivity index (χ1n) is 12.6. The van der Waals surface area contributed by atoms with Crippen molar-refractivity contribution in [2.24, 2.45) is 9.98 Å². The Kier molecular flexibility index (Phi) is 7.71. The Morgan fingerprint density at radius 1 is 0.447 bits per heavy atom. The van der Waals surface area contributed by atoms with E-state index in [4.69, 9.17) is 0 Å². The summed E-state index contributed by atoms with van der Waals surface area (Å²) in [7, 11) is 0. The molecule has 0 atom stereocenters. The van der Waals surface area contributed by atoms with Crippen LogP contribution in [0.25, 0.3) is 0 Å². The number of anilines is 4. The van der Waals surface area contributed by atoms with Crippen molar-refractivity contribution in [3.05, 3.63) is 144 Å². The monoisotopic (exact) mass is 494 g/mol. The number of hydrogen-bond acceptors (Lipinski definition) is 4. The van der Waals surface area contributed by atoms with Crippen LogP contribution in [0, 0.1) is 13.8 Å². The Balaban J connectivity index is 1.15. The molecule has 38 heavy (non-hydrogen) atoms. The van der Waals surface area contributed by atoms with Gasteiger partial charge in [0.05, 0.1) is 11.4 Å². The summed E-state index contributed by atoms with van der Waals surface area (Å²) in [6.45, 7) is 4.17. The molecule has 0 heterocycles. The summed E-state index contributed by atoms with van der Waals surface area (Å²) in [4.78, 5) is 9.16. The summed E-state index contributed by atoms with van der Waals surface area (Å²) >= 11 is 0. The molecule has 186 valence electrons. The van der Waals surface area contributed by atoms with Gasteiger partial charge in [0.25, 0.3) is 0 Å². The van der Waals surface area contributed by atoms with Gasteiger partial charge in [-0.15, -0.1) is 0 Å². The van der Waals surface area contributed by atoms with Crippen molar-refractivity contribution in [2.75, 3.05) is 10.6 Å². The van der Waals surface area contributed by atoms with E-state index in [2.05, 4.69) is 95.1 Å². The maximum atomic E-state index is 4.58. The standard InChI is InChI=1S/C34H30N4/c1-25-5-3-7-27(21-25)23-35-29-9-13-31(14-10-29)37-33-17-19-34(20-18-33)38-32-15-11-30(12-16-32)36-24-28-8-4-6-26(2)22-28/h3-24,37-38H,1-2H3. The van der Waals surface area contributed by atoms with Crippen LogP contribution < -0.4 is 10.6 Å². The normalized spacial score (nSPS) is 11.2. The zero-order valence-corrected chi connectivity index (χ0v) is 21.6. The number of aliphatic imine (C=N–C) groups is 2. The molecule has 0 unspecified atom stereocenters. The van der Waals surface area contributed by atoms with Crippen molar-refractivity contribution in [1.82, 2.24) is 0 Å². The van der Waals surface area contributed by atoms with Crippen LogP contribution in [-0.4, -0.2) is 12.4 Å². The smallest absolute Gasteiger partial charge is 0.0631 e. The van der Waals surface area contributed by atoms with Gasteiger partial charge >= 0.3 is 0 Å². The van der Waals surface area contributed by atoms with E-state index in [1.54, 1.807) is 0 Å². The van der Waals surface area contributed by atoms with Crippen LogP contribution in [0.1, 0.15) is 22.3 Å². The highest BCUT2D eigenvalue weighted by molar-refractivity contribution is 5.83. The summed E-state index contributed by atoms with van der Waals surface area (Å²) in [5.41, 5.74) is 10.6. The van der Waals surface area contributed by atoms with Crippen LogP contribution in [0.3, 0.4) is 0 Å². The predicted molar refractivity (Wildman–Crippen MR) is 163 cm³/mol. The van der Waals surface area contributed by atoms with Gasteiger partial charge in [0.1, 0.15) is 0 Å². The fourth-order valence-electron chi connectivity index (χ4n) is 4.03. The second-order valence-corrected chi connectivity index (χ2v) is 9.27. The van der Waals surface area contributed by atoms with Gasteiger partial charge in [0.15, 0.2) is 0 Å². The third-order valence-corrected chi connectivity index (χ3v) is 6.01. The second kappa shape index (κ2) is 11.8. The number of nitrogens with zero attached hydrogens (tertiary/aromatic N) is 2. The fraction of sp³-hybridized carbons (Fsp3) is 0.0588. The highest BCUT2D eigenvalue weighted by Gasteiger charge is 1.99. The maximum absolute atomic E-state index is 4.58. The third-order valence-electron chi connectivity index (χ3n) is 6.01. The van der Waals surface area contributed by atoms with Crippen molar-refractivity contribution < 1.29 is 0 Å². The van der Waals surface area contributed by atoms with Crippen molar-refractivity contribution in [1.29, 1.82) is 0 Å². The molecule has 0 aliphatic carbocycles. The Morgan fingerprint density at radius 3 is 1.13 bits per heavy atom. The van der Waals surface area contributed by atoms with Crippen molar-refractivity contribution >= 4 is 46.6 Å². The average Bonchev–Trinajstić information content (AvgIpc) is 2.93. The number of aryl methyl sites for hydroxylation is 2. The van der Waals surface area contributed by atoms with Gasteiger partial charge in [-0.3, -0.25) is 9.98 Å². The van der Waals surface area contributed by atoms with Gasteiger partial charge in [-0.25, -0.2) is 0 Å². The van der Waals surface area contributed by atoms with Crippen LogP contribution in [0.4, 0.5) is 34.1 Å². The molecular formula is C34H30N4. The van der Waals surface area contributed by atoms with E-state index in [1.807, 2.05) is 73.1 Å². The molecule has 5 aromatic carbocycles. The molecule has 0 bridgehead atoms. The minimum atomic E-state index is 0.920. The van der Waals surface area contributed by atoms with E-state index < -0.39 is 0 Å². The second-order valence-electron chi connectivity index (χ2n) is 9.27. The molecule has 0 saturated carbocycles. The molecule has 0 saturated heterocycles. The van der Waals surface area contributed by atoms with Gasteiger partial charge in [0.2, 0.25) is 0 Å². The van der Waals surface area contributed by atoms with Crippen molar-refractivity contribution in [3.8, 4) is 0 Å². The van der Waals surface area contributed by atoms with Gasteiger partial charge in [0, 0.05) is 35.2 Å². The first kappa shape index (κ1) is 24.7. The first-order chi connectivity index (χ1) is 18.6. The SMILES string of the molecule is Cc1cccc(C=Nc2ccc(Nc3ccc(Nc4ccc(N=Cc5cccc(C)c5)cc4)cc3)cc2)c1. The predicted octanol–water partition coefficient (Wildman–Crippen LogP) is 9.29. The minimum absolute atomic E-state index is 0.920. The number of benzene rings is 5. The summed E-state index contributed by atoms with van der Waals surface area (Å²) < 4.78 is 0. The van der Waals surface area contributed by atoms with Gasteiger partial charge in [-0.05, 0) is 97.8 Å². The Hall–Kier alpha value is -4.96. The molecule has 4 nitrogen and oxygen atoms in total. The molecule has 2 N–H and O–H groups in total. The average molecular weight is 495 g/mol. The molecule has 4 heteroatoms. The number of hydrogen-bond donors (Lipinski definition) is 2. The number of rotatable bonds is 8. The van der Waals surface area contributed by atoms with Gasteiger partial charge in [-0.1, -0.05) is 59.7 Å². The van der Waals surface area contributed by atoms with Crippen molar-refractivity contribution in [3.63, 3.8) is 0 Å². The van der Waals surface area contributed by atoms with Crippen LogP contribution in [0.2, 0.25) is 0 Å². The van der Waals surface area contributed by atoms with Crippen LogP contribution in [0.15, 0.2) is 131 Å². The van der Waals surface area contributed by atoms with E-state index in [1.165, 1.54) is 11.1 Å². The molecular weight excluding hydrogens is 464 g/mol. The molecule has 0 fully saturated rings. The molecule has 0 aliphatic rings. The fourth-order valence-corrected chi connectivity index (χ4v) is 4.03. The summed E-state index contributed by atoms with van der Waals surface area (Å²) in [6, 6.07) is 41.1. The van der Waals surface area contributed by atoms with Crippen molar-refractivity contribution in [2.45, 2.75) is 13.8 Å². The highest BCUT2D eigenvalue weighted by atomic mass is 14.9. The Labute approximate surface area is 224 Å². The first-order valence-corrected chi connectivity index (χ1v) is 12.6. The van der Waals surface area contributed by atoms with Crippen LogP contribution in [-0.2, 0) is 0 Å². The van der Waals surface area contributed by atoms with E-state index >= 15 is 0 Å². The molecule has 0 amide bonds. The Bertz CT molecular complexity index is 1430. The lowest BCUT2D eigenvalue weighted by atomic mass is 10.1.